The minimum absolute atomic E-state index is 0.311. The first-order valence-corrected chi connectivity index (χ1v) is 6.71. The molecule has 5 heteroatoms. The van der Waals surface area contributed by atoms with Crippen LogP contribution in [-0.2, 0) is 0 Å². The maximum absolute atomic E-state index is 11.0. The molecule has 19 heavy (non-hydrogen) atoms. The van der Waals surface area contributed by atoms with Crippen LogP contribution in [0.3, 0.4) is 0 Å². The van der Waals surface area contributed by atoms with Crippen LogP contribution in [0, 0.1) is 0 Å². The molecule has 3 rings (SSSR count). The fourth-order valence-corrected chi connectivity index (χ4v) is 3.04. The third kappa shape index (κ3) is 2.20. The van der Waals surface area contributed by atoms with Crippen LogP contribution in [0.4, 0.5) is 0 Å². The lowest BCUT2D eigenvalue weighted by atomic mass is 10.0. The van der Waals surface area contributed by atoms with Gasteiger partial charge in [0.25, 0.3) is 0 Å². The molecule has 3 aromatic rings. The van der Waals surface area contributed by atoms with Crippen molar-refractivity contribution in [2.45, 2.75) is 0 Å². The Hall–Kier alpha value is -1.91. The Morgan fingerprint density at radius 3 is 2.84 bits per heavy atom. The van der Waals surface area contributed by atoms with E-state index in [0.717, 1.165) is 21.2 Å². The van der Waals surface area contributed by atoms with Crippen molar-refractivity contribution in [2.24, 2.45) is 0 Å². The Kier molecular flexibility index (Phi) is 2.97. The Labute approximate surface area is 118 Å². The van der Waals surface area contributed by atoms with Gasteiger partial charge in [0.2, 0.25) is 0 Å². The van der Waals surface area contributed by atoms with Gasteiger partial charge in [-0.1, -0.05) is 23.7 Å². The zero-order valence-corrected chi connectivity index (χ0v) is 11.2. The predicted octanol–water partition coefficient (Wildman–Crippen LogP) is 4.31. The molecule has 0 bridgehead atoms. The van der Waals surface area contributed by atoms with Crippen molar-refractivity contribution >= 4 is 39.0 Å². The quantitative estimate of drug-likeness (QED) is 0.764. The van der Waals surface area contributed by atoms with Crippen LogP contribution in [0.25, 0.3) is 21.2 Å². The molecule has 2 aromatic heterocycles. The van der Waals surface area contributed by atoms with Crippen molar-refractivity contribution in [3.05, 3.63) is 52.6 Å². The number of aromatic carboxylic acids is 1. The first kappa shape index (κ1) is 12.1. The Balaban J connectivity index is 2.26. The topological polar surface area (TPSA) is 50.2 Å². The molecule has 0 aliphatic rings. The monoisotopic (exact) mass is 289 g/mol. The second-order valence-corrected chi connectivity index (χ2v) is 5.55. The number of rotatable bonds is 2. The van der Waals surface area contributed by atoms with E-state index in [2.05, 4.69) is 4.98 Å². The van der Waals surface area contributed by atoms with E-state index in [9.17, 15) is 4.79 Å². The number of benzene rings is 1. The first-order valence-electron chi connectivity index (χ1n) is 5.52. The minimum Gasteiger partial charge on any atom is -0.477 e. The summed E-state index contributed by atoms with van der Waals surface area (Å²) in [6, 6.07) is 9.12. The highest BCUT2D eigenvalue weighted by atomic mass is 35.5. The number of halogens is 1. The molecule has 2 heterocycles. The normalized spacial score (nSPS) is 10.8. The van der Waals surface area contributed by atoms with Gasteiger partial charge in [-0.05, 0) is 23.8 Å². The van der Waals surface area contributed by atoms with Crippen molar-refractivity contribution in [3.8, 4) is 11.1 Å². The molecule has 0 radical (unpaired) electrons. The zero-order chi connectivity index (χ0) is 13.4. The van der Waals surface area contributed by atoms with Gasteiger partial charge in [-0.15, -0.1) is 11.3 Å². The van der Waals surface area contributed by atoms with Crippen LogP contribution in [0.1, 0.15) is 9.67 Å². The van der Waals surface area contributed by atoms with E-state index in [0.29, 0.717) is 9.90 Å². The third-order valence-corrected chi connectivity index (χ3v) is 4.09. The van der Waals surface area contributed by atoms with Crippen molar-refractivity contribution in [1.82, 2.24) is 4.98 Å². The fourth-order valence-electron chi connectivity index (χ4n) is 1.95. The molecular formula is C14H8ClNO2S. The number of pyridine rings is 1. The van der Waals surface area contributed by atoms with E-state index in [1.54, 1.807) is 24.5 Å². The summed E-state index contributed by atoms with van der Waals surface area (Å²) in [5.74, 6) is -0.918. The largest absolute Gasteiger partial charge is 0.477 e. The minimum atomic E-state index is -0.918. The Morgan fingerprint density at radius 1 is 1.26 bits per heavy atom. The lowest BCUT2D eigenvalue weighted by molar-refractivity contribution is 0.0702. The molecule has 0 atom stereocenters. The van der Waals surface area contributed by atoms with Crippen molar-refractivity contribution in [1.29, 1.82) is 0 Å². The fraction of sp³-hybridized carbons (Fsp3) is 0. The summed E-state index contributed by atoms with van der Waals surface area (Å²) >= 11 is 7.21. The van der Waals surface area contributed by atoms with Gasteiger partial charge in [-0.2, -0.15) is 0 Å². The summed E-state index contributed by atoms with van der Waals surface area (Å²) in [4.78, 5) is 15.5. The standard InChI is InChI=1S/C14H8ClNO2S/c15-9-3-1-2-8(4-9)11-6-16-7-13-10(11)5-12(19-13)14(17)18/h1-7H,(H,17,18). The molecule has 0 fully saturated rings. The molecule has 0 saturated heterocycles. The number of hydrogen-bond donors (Lipinski definition) is 1. The number of carboxylic acid groups (broad SMARTS) is 1. The maximum atomic E-state index is 11.0. The lowest BCUT2D eigenvalue weighted by Gasteiger charge is -2.03. The van der Waals surface area contributed by atoms with Crippen LogP contribution in [0.5, 0.6) is 0 Å². The van der Waals surface area contributed by atoms with Gasteiger partial charge in [0, 0.05) is 28.4 Å². The van der Waals surface area contributed by atoms with Gasteiger partial charge < -0.3 is 5.11 Å². The SMILES string of the molecule is O=C(O)c1cc2c(-c3cccc(Cl)c3)cncc2s1. The summed E-state index contributed by atoms with van der Waals surface area (Å²) in [6.07, 6.45) is 3.41. The second-order valence-electron chi connectivity index (χ2n) is 4.03. The smallest absolute Gasteiger partial charge is 0.345 e. The zero-order valence-electron chi connectivity index (χ0n) is 9.63. The number of carbonyl (C=O) groups is 1. The first-order chi connectivity index (χ1) is 9.15. The van der Waals surface area contributed by atoms with Crippen molar-refractivity contribution in [2.75, 3.05) is 0 Å². The summed E-state index contributed by atoms with van der Waals surface area (Å²) in [7, 11) is 0. The van der Waals surface area contributed by atoms with Gasteiger partial charge in [0.05, 0.1) is 4.70 Å². The Bertz CT molecular complexity index is 782. The number of aromatic nitrogens is 1. The van der Waals surface area contributed by atoms with Crippen LogP contribution in [-0.4, -0.2) is 16.1 Å². The number of hydrogen-bond acceptors (Lipinski definition) is 3. The highest BCUT2D eigenvalue weighted by Crippen LogP contribution is 2.34. The van der Waals surface area contributed by atoms with Gasteiger partial charge >= 0.3 is 5.97 Å². The number of fused-ring (bicyclic) bond motifs is 1. The van der Waals surface area contributed by atoms with Gasteiger partial charge in [0.15, 0.2) is 0 Å². The summed E-state index contributed by atoms with van der Waals surface area (Å²) in [5, 5.41) is 10.6. The van der Waals surface area contributed by atoms with Gasteiger partial charge in [-0.3, -0.25) is 4.98 Å². The highest BCUT2D eigenvalue weighted by Gasteiger charge is 2.12. The van der Waals surface area contributed by atoms with E-state index in [1.807, 2.05) is 18.2 Å². The average molecular weight is 290 g/mol. The summed E-state index contributed by atoms with van der Waals surface area (Å²) in [5.41, 5.74) is 1.82. The molecule has 1 N–H and O–H groups in total. The number of carboxylic acids is 1. The third-order valence-electron chi connectivity index (χ3n) is 2.79. The van der Waals surface area contributed by atoms with Crippen molar-refractivity contribution in [3.63, 3.8) is 0 Å². The van der Waals surface area contributed by atoms with Gasteiger partial charge in [-0.25, -0.2) is 4.79 Å². The van der Waals surface area contributed by atoms with E-state index in [-0.39, 0.29) is 0 Å². The Morgan fingerprint density at radius 2 is 2.11 bits per heavy atom. The molecule has 0 aliphatic heterocycles. The lowest BCUT2D eigenvalue weighted by Crippen LogP contribution is -1.89. The summed E-state index contributed by atoms with van der Waals surface area (Å²) < 4.78 is 0.856. The molecule has 1 aromatic carbocycles. The summed E-state index contributed by atoms with van der Waals surface area (Å²) in [6.45, 7) is 0. The average Bonchev–Trinajstić information content (AvgIpc) is 2.82. The number of nitrogens with zero attached hydrogens (tertiary/aromatic N) is 1. The molecule has 0 aliphatic carbocycles. The molecule has 3 nitrogen and oxygen atoms in total. The molecule has 0 saturated carbocycles. The number of thiophene rings is 1. The van der Waals surface area contributed by atoms with E-state index in [4.69, 9.17) is 16.7 Å². The van der Waals surface area contributed by atoms with Crippen LogP contribution in [0.2, 0.25) is 5.02 Å². The predicted molar refractivity (Wildman–Crippen MR) is 77.0 cm³/mol. The van der Waals surface area contributed by atoms with E-state index < -0.39 is 5.97 Å². The molecule has 94 valence electrons. The maximum Gasteiger partial charge on any atom is 0.345 e. The molecular weight excluding hydrogens is 282 g/mol. The molecule has 0 spiro atoms. The van der Waals surface area contributed by atoms with E-state index >= 15 is 0 Å². The second kappa shape index (κ2) is 4.64. The van der Waals surface area contributed by atoms with Gasteiger partial charge in [0.1, 0.15) is 4.88 Å². The van der Waals surface area contributed by atoms with Crippen LogP contribution >= 0.6 is 22.9 Å². The highest BCUT2D eigenvalue weighted by molar-refractivity contribution is 7.20. The van der Waals surface area contributed by atoms with Crippen molar-refractivity contribution < 1.29 is 9.90 Å². The van der Waals surface area contributed by atoms with Crippen LogP contribution < -0.4 is 0 Å². The van der Waals surface area contributed by atoms with Crippen LogP contribution in [0.15, 0.2) is 42.7 Å². The molecule has 0 unspecified atom stereocenters. The molecule has 0 amide bonds. The van der Waals surface area contributed by atoms with E-state index in [1.165, 1.54) is 11.3 Å².